The zero-order valence-electron chi connectivity index (χ0n) is 20.7. The minimum Gasteiger partial charge on any atom is -0.369 e. The van der Waals surface area contributed by atoms with Crippen LogP contribution in [-0.2, 0) is 14.2 Å². The summed E-state index contributed by atoms with van der Waals surface area (Å²) in [5.41, 5.74) is 0. The summed E-state index contributed by atoms with van der Waals surface area (Å²) >= 11 is 0. The number of hydrogen-bond acceptors (Lipinski definition) is 11. The first-order valence-corrected chi connectivity index (χ1v) is 12.0. The van der Waals surface area contributed by atoms with Gasteiger partial charge in [-0.1, -0.05) is 0 Å². The van der Waals surface area contributed by atoms with Crippen LogP contribution in [0.2, 0.25) is 0 Å². The molecule has 0 saturated carbocycles. The van der Waals surface area contributed by atoms with E-state index in [2.05, 4.69) is 40.4 Å². The number of rotatable bonds is 6. The number of nitrogens with one attached hydrogen (secondary N) is 3. The lowest BCUT2D eigenvalue weighted by Gasteiger charge is -2.33. The van der Waals surface area contributed by atoms with Gasteiger partial charge in [0.25, 0.3) is 0 Å². The predicted molar refractivity (Wildman–Crippen MR) is 127 cm³/mol. The van der Waals surface area contributed by atoms with Gasteiger partial charge in [0.15, 0.2) is 0 Å². The van der Waals surface area contributed by atoms with Gasteiger partial charge in [-0.25, -0.2) is 0 Å². The van der Waals surface area contributed by atoms with E-state index in [0.717, 1.165) is 98.5 Å². The van der Waals surface area contributed by atoms with Gasteiger partial charge in [-0.05, 0) is 0 Å². The molecule has 11 nitrogen and oxygen atoms in total. The van der Waals surface area contributed by atoms with E-state index < -0.39 is 0 Å². The largest absolute Gasteiger partial charge is 0.369 e. The standard InChI is InChI=1S/C21H48N8O3/c1-30-19-27-13-10-26-11-14-28(20-31-2)17-23-5-8-25(7-4-22-16-27)9-6-24-18-29(15-12-26)21-32-3/h22-24H,4-21H2,1-3H3. The molecule has 0 amide bonds. The van der Waals surface area contributed by atoms with E-state index in [-0.39, 0.29) is 0 Å². The van der Waals surface area contributed by atoms with Crippen molar-refractivity contribution in [2.45, 2.75) is 0 Å². The Morgan fingerprint density at radius 1 is 0.469 bits per heavy atom. The fraction of sp³-hybridized carbons (Fsp3) is 1.00. The van der Waals surface area contributed by atoms with Crippen molar-refractivity contribution in [2.75, 3.05) is 140 Å². The molecule has 190 valence electrons. The minimum atomic E-state index is 0.643. The van der Waals surface area contributed by atoms with Gasteiger partial charge in [-0.15, -0.1) is 0 Å². The molecule has 2 bridgehead atoms. The highest BCUT2D eigenvalue weighted by Crippen LogP contribution is 1.99. The molecule has 0 aliphatic carbocycles. The second-order valence-electron chi connectivity index (χ2n) is 8.59. The molecule has 3 aliphatic heterocycles. The molecule has 0 aromatic carbocycles. The topological polar surface area (TPSA) is 80.0 Å². The van der Waals surface area contributed by atoms with Crippen molar-refractivity contribution in [3.05, 3.63) is 0 Å². The van der Waals surface area contributed by atoms with E-state index in [4.69, 9.17) is 14.2 Å². The van der Waals surface area contributed by atoms with E-state index in [0.29, 0.717) is 20.2 Å². The lowest BCUT2D eigenvalue weighted by Crippen LogP contribution is -2.50. The van der Waals surface area contributed by atoms with Crippen LogP contribution < -0.4 is 16.0 Å². The first-order valence-electron chi connectivity index (χ1n) is 12.0. The van der Waals surface area contributed by atoms with Crippen LogP contribution in [0, 0.1) is 0 Å². The minimum absolute atomic E-state index is 0.643. The van der Waals surface area contributed by atoms with Crippen LogP contribution in [0.25, 0.3) is 0 Å². The van der Waals surface area contributed by atoms with Gasteiger partial charge < -0.3 is 30.2 Å². The van der Waals surface area contributed by atoms with E-state index >= 15 is 0 Å². The SMILES string of the molecule is COCN1CCN2CCN(COC)CNCCN(CCNC1)CCNCN(COC)CC2. The average molecular weight is 461 g/mol. The summed E-state index contributed by atoms with van der Waals surface area (Å²) < 4.78 is 16.4. The molecule has 3 N–H and O–H groups in total. The second-order valence-corrected chi connectivity index (χ2v) is 8.59. The lowest BCUT2D eigenvalue weighted by atomic mass is 10.3. The van der Waals surface area contributed by atoms with Gasteiger partial charge in [-0.3, -0.25) is 24.5 Å². The van der Waals surface area contributed by atoms with Crippen molar-refractivity contribution in [1.29, 1.82) is 0 Å². The fourth-order valence-corrected chi connectivity index (χ4v) is 4.06. The zero-order chi connectivity index (χ0) is 22.9. The molecule has 3 aliphatic rings. The van der Waals surface area contributed by atoms with E-state index in [1.165, 1.54) is 0 Å². The Kier molecular flexibility index (Phi) is 15.6. The Morgan fingerprint density at radius 3 is 1.09 bits per heavy atom. The van der Waals surface area contributed by atoms with Crippen molar-refractivity contribution in [1.82, 2.24) is 40.4 Å². The normalized spacial score (nSPS) is 27.8. The molecule has 0 aromatic rings. The van der Waals surface area contributed by atoms with Crippen molar-refractivity contribution < 1.29 is 14.2 Å². The molecule has 0 radical (unpaired) electrons. The van der Waals surface area contributed by atoms with E-state index in [9.17, 15) is 0 Å². The maximum atomic E-state index is 5.46. The van der Waals surface area contributed by atoms with Crippen molar-refractivity contribution >= 4 is 0 Å². The summed E-state index contributed by atoms with van der Waals surface area (Å²) in [5, 5.41) is 10.8. The van der Waals surface area contributed by atoms with Gasteiger partial charge in [0.1, 0.15) is 0 Å². The Balaban J connectivity index is 2.14. The summed E-state index contributed by atoms with van der Waals surface area (Å²) in [5.74, 6) is 0. The summed E-state index contributed by atoms with van der Waals surface area (Å²) in [6, 6.07) is 0. The molecule has 0 unspecified atom stereocenters. The van der Waals surface area contributed by atoms with Crippen LogP contribution in [0.5, 0.6) is 0 Å². The molecular formula is C21H48N8O3. The summed E-state index contributed by atoms with van der Waals surface area (Å²) in [7, 11) is 5.32. The first-order chi connectivity index (χ1) is 15.7. The Labute approximate surface area is 195 Å². The highest BCUT2D eigenvalue weighted by molar-refractivity contribution is 4.70. The van der Waals surface area contributed by atoms with E-state index in [1.807, 2.05) is 0 Å². The molecule has 11 heteroatoms. The molecule has 3 fully saturated rings. The van der Waals surface area contributed by atoms with Gasteiger partial charge >= 0.3 is 0 Å². The highest BCUT2D eigenvalue weighted by Gasteiger charge is 2.15. The fourth-order valence-electron chi connectivity index (χ4n) is 4.06. The smallest absolute Gasteiger partial charge is 0.0996 e. The third-order valence-corrected chi connectivity index (χ3v) is 5.95. The number of ether oxygens (including phenoxy) is 3. The van der Waals surface area contributed by atoms with Crippen LogP contribution in [0.15, 0.2) is 0 Å². The summed E-state index contributed by atoms with van der Waals surface area (Å²) in [6.45, 7) is 16.4. The maximum Gasteiger partial charge on any atom is 0.0996 e. The Hall–Kier alpha value is -0.440. The molecule has 3 heterocycles. The quantitative estimate of drug-likeness (QED) is 0.411. The van der Waals surface area contributed by atoms with Crippen LogP contribution in [-0.4, -0.2) is 165 Å². The maximum absolute atomic E-state index is 5.46. The van der Waals surface area contributed by atoms with Crippen LogP contribution >= 0.6 is 0 Å². The van der Waals surface area contributed by atoms with Crippen LogP contribution in [0.1, 0.15) is 0 Å². The first kappa shape index (κ1) is 27.8. The third-order valence-electron chi connectivity index (χ3n) is 5.95. The number of fused-ring (bicyclic) bond motifs is 18. The number of nitrogens with zero attached hydrogens (tertiary/aromatic N) is 5. The lowest BCUT2D eigenvalue weighted by molar-refractivity contribution is 0.0269. The molecule has 32 heavy (non-hydrogen) atoms. The molecule has 0 atom stereocenters. The molecule has 3 rings (SSSR count). The Morgan fingerprint density at radius 2 is 0.781 bits per heavy atom. The van der Waals surface area contributed by atoms with E-state index in [1.54, 1.807) is 21.3 Å². The molecule has 0 spiro atoms. The highest BCUT2D eigenvalue weighted by atomic mass is 16.5. The van der Waals surface area contributed by atoms with Gasteiger partial charge in [0, 0.05) is 99.9 Å². The van der Waals surface area contributed by atoms with Crippen LogP contribution in [0.3, 0.4) is 0 Å². The predicted octanol–water partition coefficient (Wildman–Crippen LogP) is -2.02. The van der Waals surface area contributed by atoms with Crippen molar-refractivity contribution in [3.63, 3.8) is 0 Å². The summed E-state index contributed by atoms with van der Waals surface area (Å²) in [6.07, 6.45) is 0. The van der Waals surface area contributed by atoms with Crippen molar-refractivity contribution in [2.24, 2.45) is 0 Å². The number of hydrogen-bond donors (Lipinski definition) is 3. The summed E-state index contributed by atoms with van der Waals surface area (Å²) in [4.78, 5) is 12.1. The monoisotopic (exact) mass is 460 g/mol. The average Bonchev–Trinajstić information content (AvgIpc) is 2.78. The van der Waals surface area contributed by atoms with Gasteiger partial charge in [0.05, 0.1) is 40.2 Å². The van der Waals surface area contributed by atoms with Crippen molar-refractivity contribution in [3.8, 4) is 0 Å². The molecule has 3 saturated heterocycles. The molecule has 0 aromatic heterocycles. The number of methoxy groups -OCH3 is 3. The second kappa shape index (κ2) is 18.0. The zero-order valence-corrected chi connectivity index (χ0v) is 20.7. The van der Waals surface area contributed by atoms with Gasteiger partial charge in [-0.2, -0.15) is 0 Å². The van der Waals surface area contributed by atoms with Crippen LogP contribution in [0.4, 0.5) is 0 Å². The third kappa shape index (κ3) is 12.1. The Bertz CT molecular complexity index is 389. The molecular weight excluding hydrogens is 412 g/mol. The van der Waals surface area contributed by atoms with Gasteiger partial charge in [0.2, 0.25) is 0 Å².